The van der Waals surface area contributed by atoms with Crippen LogP contribution in [0.1, 0.15) is 20.8 Å². The fourth-order valence-electron chi connectivity index (χ4n) is 1.37. The number of hydrogen-bond acceptors (Lipinski definition) is 2. The zero-order chi connectivity index (χ0) is 10.0. The first-order chi connectivity index (χ1) is 6.07. The number of hydrogen-bond donors (Lipinski definition) is 1. The Morgan fingerprint density at radius 2 is 2.15 bits per heavy atom. The molecule has 0 atom stereocenters. The van der Waals surface area contributed by atoms with E-state index in [9.17, 15) is 0 Å². The Morgan fingerprint density at radius 1 is 1.54 bits per heavy atom. The predicted molar refractivity (Wildman–Crippen MR) is 52.2 cm³/mol. The first-order valence-corrected chi connectivity index (χ1v) is 3.95. The fourth-order valence-corrected chi connectivity index (χ4v) is 1.37. The molecule has 4 heteroatoms. The zero-order valence-electron chi connectivity index (χ0n) is 7.92. The molecule has 0 amide bonds. The molecule has 0 spiro atoms. The van der Waals surface area contributed by atoms with Crippen LogP contribution in [0.5, 0.6) is 0 Å². The van der Waals surface area contributed by atoms with Crippen LogP contribution in [0.2, 0.25) is 0 Å². The molecule has 0 saturated carbocycles. The minimum absolute atomic E-state index is 0.452. The Kier molecular flexibility index (Phi) is 2.44. The summed E-state index contributed by atoms with van der Waals surface area (Å²) in [5.41, 5.74) is 11.2. The summed E-state index contributed by atoms with van der Waals surface area (Å²) in [5, 5.41) is 11.2. The molecule has 0 aromatic heterocycles. The van der Waals surface area contributed by atoms with Gasteiger partial charge in [-0.05, 0) is 10.6 Å². The van der Waals surface area contributed by atoms with E-state index >= 15 is 0 Å². The van der Waals surface area contributed by atoms with Crippen LogP contribution in [0, 0.1) is 11.3 Å². The molecule has 4 nitrogen and oxygen atoms in total. The summed E-state index contributed by atoms with van der Waals surface area (Å²) < 4.78 is 0. The maximum atomic E-state index is 8.33. The molecule has 66 valence electrons. The highest BCUT2D eigenvalue weighted by Crippen LogP contribution is 2.28. The van der Waals surface area contributed by atoms with Crippen LogP contribution in [-0.4, -0.2) is 5.71 Å². The van der Waals surface area contributed by atoms with Crippen LogP contribution in [-0.2, 0) is 0 Å². The van der Waals surface area contributed by atoms with Gasteiger partial charge in [0.25, 0.3) is 0 Å². The van der Waals surface area contributed by atoms with E-state index in [1.54, 1.807) is 6.92 Å². The SMILES string of the molecule is CC1=CC(C)=C(N=[N+]=[N-])[C+](C)C1=N. The molecule has 1 N–H and O–H groups in total. The quantitative estimate of drug-likeness (QED) is 0.275. The average Bonchev–Trinajstić information content (AvgIpc) is 2.09. The van der Waals surface area contributed by atoms with E-state index < -0.39 is 0 Å². The van der Waals surface area contributed by atoms with Gasteiger partial charge in [-0.3, -0.25) is 5.41 Å². The van der Waals surface area contributed by atoms with E-state index in [4.69, 9.17) is 10.9 Å². The summed E-state index contributed by atoms with van der Waals surface area (Å²) in [6.45, 7) is 5.55. The molecule has 0 fully saturated rings. The Balaban J connectivity index is 3.23. The van der Waals surface area contributed by atoms with Crippen LogP contribution < -0.4 is 0 Å². The van der Waals surface area contributed by atoms with Crippen molar-refractivity contribution in [3.8, 4) is 0 Å². The van der Waals surface area contributed by atoms with Gasteiger partial charge in [-0.1, -0.05) is 0 Å². The lowest BCUT2D eigenvalue weighted by Crippen LogP contribution is -2.15. The van der Waals surface area contributed by atoms with Crippen LogP contribution >= 0.6 is 0 Å². The molecule has 1 aliphatic rings. The van der Waals surface area contributed by atoms with Crippen molar-refractivity contribution in [2.24, 2.45) is 5.11 Å². The summed E-state index contributed by atoms with van der Waals surface area (Å²) in [6.07, 6.45) is 1.86. The fraction of sp³-hybridized carbons (Fsp3) is 0.333. The van der Waals surface area contributed by atoms with E-state index in [1.165, 1.54) is 0 Å². The molecule has 0 heterocycles. The third-order valence-corrected chi connectivity index (χ3v) is 2.08. The van der Waals surface area contributed by atoms with Gasteiger partial charge in [0.1, 0.15) is 0 Å². The molecule has 0 aliphatic heterocycles. The lowest BCUT2D eigenvalue weighted by molar-refractivity contribution is 1.10. The maximum absolute atomic E-state index is 8.33. The molecule has 0 saturated heterocycles. The Bertz CT molecular complexity index is 356. The number of rotatable bonds is 1. The smallest absolute Gasteiger partial charge is 0.171 e. The Hall–Kier alpha value is -1.67. The van der Waals surface area contributed by atoms with Crippen LogP contribution in [0.25, 0.3) is 10.4 Å². The molecular formula is C9H11N4+. The molecule has 0 bridgehead atoms. The van der Waals surface area contributed by atoms with Crippen molar-refractivity contribution < 1.29 is 0 Å². The Morgan fingerprint density at radius 3 is 2.69 bits per heavy atom. The maximum Gasteiger partial charge on any atom is 0.171 e. The summed E-state index contributed by atoms with van der Waals surface area (Å²) >= 11 is 0. The monoisotopic (exact) mass is 175 g/mol. The molecule has 0 radical (unpaired) electrons. The van der Waals surface area contributed by atoms with Crippen molar-refractivity contribution in [2.75, 3.05) is 0 Å². The van der Waals surface area contributed by atoms with Gasteiger partial charge in [-0.25, -0.2) is 0 Å². The first kappa shape index (κ1) is 9.42. The highest BCUT2D eigenvalue weighted by Gasteiger charge is 2.29. The third-order valence-electron chi connectivity index (χ3n) is 2.08. The number of allylic oxidation sites excluding steroid dienone is 4. The third kappa shape index (κ3) is 1.58. The van der Waals surface area contributed by atoms with Gasteiger partial charge in [0.05, 0.1) is 23.1 Å². The van der Waals surface area contributed by atoms with Crippen molar-refractivity contribution in [1.29, 1.82) is 5.41 Å². The van der Waals surface area contributed by atoms with Gasteiger partial charge >= 0.3 is 0 Å². The lowest BCUT2D eigenvalue weighted by atomic mass is 9.88. The largest absolute Gasteiger partial charge is 0.275 e. The average molecular weight is 175 g/mol. The zero-order valence-corrected chi connectivity index (χ0v) is 7.92. The van der Waals surface area contributed by atoms with Crippen molar-refractivity contribution >= 4 is 5.71 Å². The lowest BCUT2D eigenvalue weighted by Gasteiger charge is -2.11. The normalized spacial score (nSPS) is 17.0. The second kappa shape index (κ2) is 3.37. The van der Waals surface area contributed by atoms with Crippen LogP contribution in [0.3, 0.4) is 0 Å². The molecule has 1 aliphatic carbocycles. The summed E-state index contributed by atoms with van der Waals surface area (Å²) in [6, 6.07) is 0. The summed E-state index contributed by atoms with van der Waals surface area (Å²) in [7, 11) is 0. The summed E-state index contributed by atoms with van der Waals surface area (Å²) in [5.74, 6) is 0.746. The van der Waals surface area contributed by atoms with Gasteiger partial charge in [0, 0.05) is 25.7 Å². The van der Waals surface area contributed by atoms with E-state index in [-0.39, 0.29) is 0 Å². The molecule has 13 heavy (non-hydrogen) atoms. The van der Waals surface area contributed by atoms with Crippen molar-refractivity contribution in [2.45, 2.75) is 20.8 Å². The Labute approximate surface area is 77.1 Å². The van der Waals surface area contributed by atoms with Crippen molar-refractivity contribution in [3.63, 3.8) is 0 Å². The van der Waals surface area contributed by atoms with Gasteiger partial charge in [0.15, 0.2) is 11.4 Å². The molecular weight excluding hydrogens is 164 g/mol. The van der Waals surface area contributed by atoms with Gasteiger partial charge in [-0.15, -0.1) is 0 Å². The van der Waals surface area contributed by atoms with Crippen molar-refractivity contribution in [3.05, 3.63) is 39.3 Å². The number of nitrogens with one attached hydrogen (secondary N) is 1. The number of azide groups is 1. The predicted octanol–water partition coefficient (Wildman–Crippen LogP) is 3.14. The van der Waals surface area contributed by atoms with E-state index in [0.29, 0.717) is 11.4 Å². The van der Waals surface area contributed by atoms with Gasteiger partial charge in [-0.2, -0.15) is 0 Å². The molecule has 0 unspecified atom stereocenters. The van der Waals surface area contributed by atoms with Gasteiger partial charge in [0.2, 0.25) is 0 Å². The number of nitrogens with zero attached hydrogens (tertiary/aromatic N) is 3. The minimum atomic E-state index is 0.452. The summed E-state index contributed by atoms with van der Waals surface area (Å²) in [4.78, 5) is 2.74. The molecule has 0 aromatic rings. The standard InChI is InChI=1S/C9H11N4/c1-5-4-6(2)9(12-13-11)7(3)8(5)10/h4,10H,1-3H3/q+1. The molecule has 0 aromatic carbocycles. The minimum Gasteiger partial charge on any atom is -0.275 e. The highest BCUT2D eigenvalue weighted by molar-refractivity contribution is 6.11. The second-order valence-electron chi connectivity index (χ2n) is 3.05. The van der Waals surface area contributed by atoms with Gasteiger partial charge < -0.3 is 0 Å². The van der Waals surface area contributed by atoms with E-state index in [0.717, 1.165) is 17.1 Å². The van der Waals surface area contributed by atoms with E-state index in [2.05, 4.69) is 10.0 Å². The second-order valence-corrected chi connectivity index (χ2v) is 3.05. The highest BCUT2D eigenvalue weighted by atomic mass is 15.1. The molecule has 1 rings (SSSR count). The van der Waals surface area contributed by atoms with Crippen LogP contribution in [0.15, 0.2) is 28.0 Å². The first-order valence-electron chi connectivity index (χ1n) is 3.95. The van der Waals surface area contributed by atoms with Crippen molar-refractivity contribution in [1.82, 2.24) is 0 Å². The van der Waals surface area contributed by atoms with Crippen LogP contribution in [0.4, 0.5) is 0 Å². The topological polar surface area (TPSA) is 72.6 Å². The van der Waals surface area contributed by atoms with E-state index in [1.807, 2.05) is 19.9 Å².